The molecule has 0 aliphatic heterocycles. The average molecular weight is 282 g/mol. The highest BCUT2D eigenvalue weighted by molar-refractivity contribution is 5.36. The van der Waals surface area contributed by atoms with Crippen LogP contribution in [0.3, 0.4) is 0 Å². The van der Waals surface area contributed by atoms with Crippen molar-refractivity contribution in [3.63, 3.8) is 0 Å². The predicted molar refractivity (Wildman–Crippen MR) is 89.4 cm³/mol. The average Bonchev–Trinajstić information content (AvgIpc) is 2.53. The van der Waals surface area contributed by atoms with E-state index >= 15 is 0 Å². The van der Waals surface area contributed by atoms with Gasteiger partial charge in [-0.3, -0.25) is 0 Å². The fraction of sp³-hybridized carbons (Fsp3) is 0.400. The van der Waals surface area contributed by atoms with Gasteiger partial charge in [-0.05, 0) is 36.5 Å². The minimum absolute atomic E-state index is 0.929. The van der Waals surface area contributed by atoms with E-state index in [9.17, 15) is 5.11 Å². The van der Waals surface area contributed by atoms with Gasteiger partial charge < -0.3 is 5.11 Å². The molecule has 0 fully saturated rings. The van der Waals surface area contributed by atoms with Crippen LogP contribution in [0.4, 0.5) is 0 Å². The summed E-state index contributed by atoms with van der Waals surface area (Å²) in [5.74, 6) is 0. The molecule has 1 unspecified atom stereocenters. The highest BCUT2D eigenvalue weighted by Crippen LogP contribution is 2.29. The Morgan fingerprint density at radius 3 is 2.05 bits per heavy atom. The molecule has 112 valence electrons. The summed E-state index contributed by atoms with van der Waals surface area (Å²) >= 11 is 0. The molecule has 0 saturated heterocycles. The Balaban J connectivity index is 2.04. The first kappa shape index (κ1) is 15.8. The second kappa shape index (κ2) is 7.42. The zero-order valence-corrected chi connectivity index (χ0v) is 13.2. The van der Waals surface area contributed by atoms with Gasteiger partial charge in [-0.15, -0.1) is 0 Å². The number of rotatable bonds is 7. The number of aliphatic hydroxyl groups is 1. The van der Waals surface area contributed by atoms with Crippen LogP contribution < -0.4 is 0 Å². The summed E-state index contributed by atoms with van der Waals surface area (Å²) < 4.78 is 0. The van der Waals surface area contributed by atoms with Crippen molar-refractivity contribution in [2.45, 2.75) is 51.6 Å². The van der Waals surface area contributed by atoms with Gasteiger partial charge in [0.2, 0.25) is 0 Å². The summed E-state index contributed by atoms with van der Waals surface area (Å²) in [7, 11) is 0. The molecule has 0 radical (unpaired) electrons. The maximum atomic E-state index is 10.8. The summed E-state index contributed by atoms with van der Waals surface area (Å²) in [6.45, 7) is 4.10. The van der Waals surface area contributed by atoms with Crippen LogP contribution in [0.5, 0.6) is 0 Å². The van der Waals surface area contributed by atoms with Crippen molar-refractivity contribution in [3.8, 4) is 0 Å². The quantitative estimate of drug-likeness (QED) is 0.703. The van der Waals surface area contributed by atoms with Gasteiger partial charge >= 0.3 is 0 Å². The maximum absolute atomic E-state index is 10.8. The highest BCUT2D eigenvalue weighted by atomic mass is 16.3. The van der Waals surface area contributed by atoms with E-state index in [2.05, 4.69) is 31.2 Å². The lowest BCUT2D eigenvalue weighted by atomic mass is 9.87. The normalized spacial score (nSPS) is 13.9. The van der Waals surface area contributed by atoms with Gasteiger partial charge in [0.25, 0.3) is 0 Å². The van der Waals surface area contributed by atoms with Crippen LogP contribution in [0, 0.1) is 0 Å². The molecule has 21 heavy (non-hydrogen) atoms. The zero-order valence-electron chi connectivity index (χ0n) is 13.2. The fourth-order valence-electron chi connectivity index (χ4n) is 2.68. The van der Waals surface area contributed by atoms with Crippen molar-refractivity contribution in [1.29, 1.82) is 0 Å². The van der Waals surface area contributed by atoms with Gasteiger partial charge in [-0.2, -0.15) is 0 Å². The second-order valence-electron chi connectivity index (χ2n) is 5.95. The largest absolute Gasteiger partial charge is 0.381 e. The smallest absolute Gasteiger partial charge is 0.112 e. The molecule has 0 aromatic heterocycles. The lowest BCUT2D eigenvalue weighted by molar-refractivity contribution is 0.102. The Morgan fingerprint density at radius 1 is 0.810 bits per heavy atom. The minimum atomic E-state index is -0.929. The fourth-order valence-corrected chi connectivity index (χ4v) is 2.68. The molecule has 1 atom stereocenters. The second-order valence-corrected chi connectivity index (χ2v) is 5.95. The summed E-state index contributed by atoms with van der Waals surface area (Å²) in [5, 5.41) is 10.8. The summed E-state index contributed by atoms with van der Waals surface area (Å²) in [4.78, 5) is 0. The van der Waals surface area contributed by atoms with E-state index in [0.717, 1.165) is 17.5 Å². The van der Waals surface area contributed by atoms with Gasteiger partial charge in [-0.1, -0.05) is 80.8 Å². The Morgan fingerprint density at radius 2 is 1.43 bits per heavy atom. The molecule has 0 spiro atoms. The van der Waals surface area contributed by atoms with Crippen molar-refractivity contribution in [1.82, 2.24) is 0 Å². The zero-order chi connectivity index (χ0) is 15.1. The standard InChI is InChI=1S/C20H26O/c1-3-4-5-7-10-17-13-15-19(16-14-17)20(2,21)18-11-8-6-9-12-18/h6,8-9,11-16,21H,3-5,7,10H2,1-2H3. The third-order valence-electron chi connectivity index (χ3n) is 4.17. The minimum Gasteiger partial charge on any atom is -0.381 e. The number of hydrogen-bond acceptors (Lipinski definition) is 1. The van der Waals surface area contributed by atoms with Crippen LogP contribution in [0.15, 0.2) is 54.6 Å². The van der Waals surface area contributed by atoms with Crippen molar-refractivity contribution in [3.05, 3.63) is 71.3 Å². The van der Waals surface area contributed by atoms with E-state index in [4.69, 9.17) is 0 Å². The Bertz CT molecular complexity index is 526. The van der Waals surface area contributed by atoms with Gasteiger partial charge in [-0.25, -0.2) is 0 Å². The van der Waals surface area contributed by atoms with Gasteiger partial charge in [0, 0.05) is 0 Å². The molecular weight excluding hydrogens is 256 g/mol. The molecule has 1 N–H and O–H groups in total. The molecule has 0 heterocycles. The predicted octanol–water partition coefficient (Wildman–Crippen LogP) is 5.07. The summed E-state index contributed by atoms with van der Waals surface area (Å²) in [6.07, 6.45) is 6.29. The highest BCUT2D eigenvalue weighted by Gasteiger charge is 2.24. The first-order valence-electron chi connectivity index (χ1n) is 8.02. The lowest BCUT2D eigenvalue weighted by Gasteiger charge is -2.24. The number of unbranched alkanes of at least 4 members (excludes halogenated alkanes) is 3. The molecule has 0 aliphatic rings. The van der Waals surface area contributed by atoms with Gasteiger partial charge in [0.05, 0.1) is 0 Å². The van der Waals surface area contributed by atoms with Crippen molar-refractivity contribution in [2.24, 2.45) is 0 Å². The van der Waals surface area contributed by atoms with Crippen LogP contribution >= 0.6 is 0 Å². The van der Waals surface area contributed by atoms with E-state index < -0.39 is 5.60 Å². The molecule has 1 nitrogen and oxygen atoms in total. The first-order valence-corrected chi connectivity index (χ1v) is 8.02. The molecule has 2 aromatic rings. The van der Waals surface area contributed by atoms with Crippen molar-refractivity contribution < 1.29 is 5.11 Å². The Hall–Kier alpha value is -1.60. The lowest BCUT2D eigenvalue weighted by Crippen LogP contribution is -2.22. The molecule has 0 aliphatic carbocycles. The Labute approximate surface area is 128 Å². The van der Waals surface area contributed by atoms with Crippen LogP contribution in [0.1, 0.15) is 56.2 Å². The third kappa shape index (κ3) is 4.18. The summed E-state index contributed by atoms with van der Waals surface area (Å²) in [6, 6.07) is 18.3. The summed E-state index contributed by atoms with van der Waals surface area (Å²) in [5.41, 5.74) is 2.31. The number of aryl methyl sites for hydroxylation is 1. The monoisotopic (exact) mass is 282 g/mol. The van der Waals surface area contributed by atoms with Gasteiger partial charge in [0.15, 0.2) is 0 Å². The third-order valence-corrected chi connectivity index (χ3v) is 4.17. The van der Waals surface area contributed by atoms with Gasteiger partial charge in [0.1, 0.15) is 5.60 Å². The molecule has 0 bridgehead atoms. The Kier molecular flexibility index (Phi) is 5.58. The molecule has 1 heteroatoms. The maximum Gasteiger partial charge on any atom is 0.112 e. The number of hydrogen-bond donors (Lipinski definition) is 1. The van der Waals surface area contributed by atoms with Crippen LogP contribution in [-0.4, -0.2) is 5.11 Å². The van der Waals surface area contributed by atoms with E-state index in [1.54, 1.807) is 0 Å². The topological polar surface area (TPSA) is 20.2 Å². The molecule has 0 saturated carbocycles. The van der Waals surface area contributed by atoms with E-state index in [1.807, 2.05) is 37.3 Å². The molecule has 0 amide bonds. The van der Waals surface area contributed by atoms with Crippen LogP contribution in [0.2, 0.25) is 0 Å². The molecular formula is C20H26O. The van der Waals surface area contributed by atoms with Crippen LogP contribution in [-0.2, 0) is 12.0 Å². The molecule has 2 aromatic carbocycles. The van der Waals surface area contributed by atoms with Crippen molar-refractivity contribution >= 4 is 0 Å². The first-order chi connectivity index (χ1) is 10.1. The van der Waals surface area contributed by atoms with E-state index in [0.29, 0.717) is 0 Å². The van der Waals surface area contributed by atoms with Crippen molar-refractivity contribution in [2.75, 3.05) is 0 Å². The van der Waals surface area contributed by atoms with E-state index in [-0.39, 0.29) is 0 Å². The van der Waals surface area contributed by atoms with Crippen LogP contribution in [0.25, 0.3) is 0 Å². The SMILES string of the molecule is CCCCCCc1ccc(C(C)(O)c2ccccc2)cc1. The molecule has 2 rings (SSSR count). The van der Waals surface area contributed by atoms with E-state index in [1.165, 1.54) is 31.2 Å². The number of benzene rings is 2.